The Labute approximate surface area is 598 Å². The highest BCUT2D eigenvalue weighted by molar-refractivity contribution is 7.86. The lowest BCUT2D eigenvalue weighted by Gasteiger charge is -2.49. The van der Waals surface area contributed by atoms with Crippen LogP contribution in [0.25, 0.3) is 0 Å². The zero-order valence-corrected chi connectivity index (χ0v) is 64.2. The predicted octanol–water partition coefficient (Wildman–Crippen LogP) is 5.28. The Morgan fingerprint density at radius 1 is 0.422 bits per heavy atom. The number of rotatable bonds is 21. The van der Waals surface area contributed by atoms with Gasteiger partial charge in [-0.2, -0.15) is 8.42 Å². The fraction of sp³-hybridized carbons (Fsp3) is 0.824. The summed E-state index contributed by atoms with van der Waals surface area (Å²) in [7, 11) is -4.88. The number of aliphatic hydroxyl groups excluding tert-OH is 6. The van der Waals surface area contributed by atoms with Crippen molar-refractivity contribution in [1.29, 1.82) is 0 Å². The molecule has 586 valence electrons. The number of aliphatic hydroxyl groups is 6. The van der Waals surface area contributed by atoms with Gasteiger partial charge >= 0.3 is 36.6 Å². The van der Waals surface area contributed by atoms with Gasteiger partial charge in [-0.3, -0.25) is 4.18 Å². The third-order valence-corrected chi connectivity index (χ3v) is 17.1. The van der Waals surface area contributed by atoms with Crippen LogP contribution in [0.3, 0.4) is 0 Å². The fourth-order valence-corrected chi connectivity index (χ4v) is 12.9. The number of amides is 6. The van der Waals surface area contributed by atoms with E-state index in [2.05, 4.69) is 31.9 Å². The highest BCUT2D eigenvalue weighted by Crippen LogP contribution is 2.40. The second-order valence-electron chi connectivity index (χ2n) is 33.0. The number of benzene rings is 1. The van der Waals surface area contributed by atoms with E-state index in [-0.39, 0.29) is 22.6 Å². The van der Waals surface area contributed by atoms with Crippen molar-refractivity contribution in [3.8, 4) is 0 Å². The molecule has 1 aromatic carbocycles. The monoisotopic (exact) mass is 1480 g/mol. The van der Waals surface area contributed by atoms with E-state index in [1.54, 1.807) is 137 Å². The standard InChI is InChI=1S/C68H116N6O27S/c1-31(2)34-25-35(32(3)4)53(36(26-34)33(5)6)102(87,88)89-30-41-51(94-55-43(74-62(86)101-68(22,23)24)48(79)46(77)40(91-55)29-70-58(82)97-64(10,11)12)49(80)56(92-41)95-52-44(75)37(71-59(83)98-65(13,14)15)27-38(72-60(84)99-66(16,17)18)50(52)93-54-42(73-61(85)100-67(19,20)21)47(78)45(76)39(90-54)28-69-57(81)96-63(7,8)9/h25-26,31-33,37-52,54-56,75-80H,27-30H2,1-24H3,(H,69,81)(H,70,82)(H,71,83)(H,72,84)(H,73,85)(H,74,86). The minimum Gasteiger partial charge on any atom is -0.444 e. The van der Waals surface area contributed by atoms with E-state index in [9.17, 15) is 59.4 Å². The van der Waals surface area contributed by atoms with Crippen LogP contribution in [0.15, 0.2) is 17.0 Å². The Morgan fingerprint density at radius 2 is 0.755 bits per heavy atom. The third-order valence-electron chi connectivity index (χ3n) is 15.7. The molecule has 33 nitrogen and oxygen atoms in total. The first-order chi connectivity index (χ1) is 46.4. The predicted molar refractivity (Wildman–Crippen MR) is 364 cm³/mol. The topological polar surface area (TPSA) is 450 Å². The van der Waals surface area contributed by atoms with Crippen LogP contribution in [0.2, 0.25) is 0 Å². The van der Waals surface area contributed by atoms with Gasteiger partial charge in [0.1, 0.15) is 124 Å². The van der Waals surface area contributed by atoms with Gasteiger partial charge in [0.15, 0.2) is 18.9 Å². The molecule has 1 aliphatic carbocycles. The molecule has 19 unspecified atom stereocenters. The molecule has 4 fully saturated rings. The van der Waals surface area contributed by atoms with Crippen LogP contribution >= 0.6 is 0 Å². The first-order valence-electron chi connectivity index (χ1n) is 34.4. The summed E-state index contributed by atoms with van der Waals surface area (Å²) >= 11 is 0. The van der Waals surface area contributed by atoms with E-state index < -0.39 is 223 Å². The molecule has 3 aliphatic heterocycles. The average Bonchev–Trinajstić information content (AvgIpc) is 1.15. The normalized spacial score (nSPS) is 29.9. The minimum atomic E-state index is -4.88. The molecule has 6 amide bonds. The van der Waals surface area contributed by atoms with Crippen LogP contribution in [0.4, 0.5) is 28.8 Å². The molecule has 0 radical (unpaired) electrons. The van der Waals surface area contributed by atoms with Gasteiger partial charge in [-0.1, -0.05) is 53.7 Å². The maximum Gasteiger partial charge on any atom is 0.408 e. The summed E-state index contributed by atoms with van der Waals surface area (Å²) in [5.41, 5.74) is -4.95. The summed E-state index contributed by atoms with van der Waals surface area (Å²) in [5, 5.41) is 88.3. The Balaban J connectivity index is 1.77. The summed E-state index contributed by atoms with van der Waals surface area (Å²) in [6.45, 7) is 37.2. The maximum atomic E-state index is 15.1. The molecule has 1 aromatic rings. The van der Waals surface area contributed by atoms with E-state index in [1.807, 2.05) is 41.5 Å². The Kier molecular flexibility index (Phi) is 29.2. The zero-order valence-electron chi connectivity index (χ0n) is 63.3. The number of ether oxygens (including phenoxy) is 12. The van der Waals surface area contributed by atoms with Gasteiger partial charge in [-0.05, 0) is 165 Å². The summed E-state index contributed by atoms with van der Waals surface area (Å²) in [5.74, 6) is -0.807. The molecule has 19 atom stereocenters. The van der Waals surface area contributed by atoms with Crippen LogP contribution in [0, 0.1) is 0 Å². The van der Waals surface area contributed by atoms with Crippen molar-refractivity contribution in [1.82, 2.24) is 31.9 Å². The van der Waals surface area contributed by atoms with Crippen LogP contribution in [0.5, 0.6) is 0 Å². The van der Waals surface area contributed by atoms with Crippen molar-refractivity contribution >= 4 is 46.7 Å². The Bertz CT molecular complexity index is 3080. The van der Waals surface area contributed by atoms with E-state index in [1.165, 1.54) is 0 Å². The highest BCUT2D eigenvalue weighted by Gasteiger charge is 2.58. The van der Waals surface area contributed by atoms with E-state index in [0.717, 1.165) is 5.56 Å². The molecule has 3 saturated heterocycles. The summed E-state index contributed by atoms with van der Waals surface area (Å²) in [4.78, 5) is 81.4. The second kappa shape index (κ2) is 34.2. The van der Waals surface area contributed by atoms with Crippen LogP contribution in [-0.2, 0) is 71.1 Å². The largest absolute Gasteiger partial charge is 0.444 e. The molecule has 0 aromatic heterocycles. The highest BCUT2D eigenvalue weighted by atomic mass is 32.2. The third kappa shape index (κ3) is 25.8. The van der Waals surface area contributed by atoms with Crippen molar-refractivity contribution in [3.05, 3.63) is 28.8 Å². The molecule has 5 rings (SSSR count). The molecule has 4 aliphatic rings. The molecule has 1 saturated carbocycles. The lowest BCUT2D eigenvalue weighted by Crippen LogP contribution is -2.70. The molecule has 12 N–H and O–H groups in total. The van der Waals surface area contributed by atoms with Crippen molar-refractivity contribution in [2.75, 3.05) is 19.7 Å². The smallest absolute Gasteiger partial charge is 0.408 e. The minimum absolute atomic E-state index is 0.0293. The SMILES string of the molecule is CC(C)c1cc(C(C)C)c(S(=O)(=O)OCC2OC(OC3C(O)C(NC(=O)OC(C)(C)C)CC(NC(=O)OC(C)(C)C)C3OC3OC(CNC(=O)OC(C)(C)C)C(O)C(O)C3NC(=O)OC(C)(C)C)C(O)C2OC2OC(CNC(=O)OC(C)(C)C)C(O)C(O)C2NC(=O)OC(C)(C)C)c(C(C)C)c1. The lowest BCUT2D eigenvalue weighted by atomic mass is 9.83. The Morgan fingerprint density at radius 3 is 1.12 bits per heavy atom. The van der Waals surface area contributed by atoms with Gasteiger partial charge in [0.05, 0.1) is 18.7 Å². The van der Waals surface area contributed by atoms with Crippen LogP contribution < -0.4 is 31.9 Å². The van der Waals surface area contributed by atoms with Gasteiger partial charge < -0.3 is 119 Å². The number of carbonyl (C=O) groups is 6. The number of nitrogens with one attached hydrogen (secondary N) is 6. The van der Waals surface area contributed by atoms with E-state index >= 15 is 8.42 Å². The van der Waals surface area contributed by atoms with Crippen LogP contribution in [-0.4, -0.2) is 245 Å². The molecule has 0 bridgehead atoms. The van der Waals surface area contributed by atoms with Gasteiger partial charge in [0.2, 0.25) is 0 Å². The average molecular weight is 1480 g/mol. The van der Waals surface area contributed by atoms with Crippen molar-refractivity contribution in [3.63, 3.8) is 0 Å². The number of hydrogen-bond acceptors (Lipinski definition) is 27. The summed E-state index contributed by atoms with van der Waals surface area (Å²) < 4.78 is 109. The number of alkyl carbamates (subject to hydrolysis) is 6. The Hall–Kier alpha value is -5.73. The molecular formula is C68H116N6O27S. The summed E-state index contributed by atoms with van der Waals surface area (Å²) in [6, 6.07) is -3.24. The van der Waals surface area contributed by atoms with Gasteiger partial charge in [-0.15, -0.1) is 0 Å². The van der Waals surface area contributed by atoms with Gasteiger partial charge in [0.25, 0.3) is 10.1 Å². The molecule has 102 heavy (non-hydrogen) atoms. The number of hydrogen-bond donors (Lipinski definition) is 12. The lowest BCUT2D eigenvalue weighted by molar-refractivity contribution is -0.311. The zero-order chi connectivity index (χ0) is 77.7. The quantitative estimate of drug-likeness (QED) is 0.0550. The number of carbonyl (C=O) groups excluding carboxylic acids is 6. The molecule has 3 heterocycles. The molecule has 34 heteroatoms. The van der Waals surface area contributed by atoms with E-state index in [4.69, 9.17) is 61.0 Å². The first kappa shape index (κ1) is 86.9. The van der Waals surface area contributed by atoms with E-state index in [0.29, 0.717) is 11.1 Å². The van der Waals surface area contributed by atoms with Gasteiger partial charge in [-0.25, -0.2) is 28.8 Å². The summed E-state index contributed by atoms with van der Waals surface area (Å²) in [6.07, 6.45) is -36.6. The fourth-order valence-electron chi connectivity index (χ4n) is 11.3. The molecule has 0 spiro atoms. The van der Waals surface area contributed by atoms with Crippen molar-refractivity contribution < 1.29 is 129 Å². The first-order valence-corrected chi connectivity index (χ1v) is 35.8. The van der Waals surface area contributed by atoms with Gasteiger partial charge in [0, 0.05) is 13.1 Å². The second-order valence-corrected chi connectivity index (χ2v) is 34.5. The maximum absolute atomic E-state index is 15.1. The molecular weight excluding hydrogens is 1360 g/mol. The van der Waals surface area contributed by atoms with Crippen molar-refractivity contribution in [2.45, 2.75) is 345 Å². The van der Waals surface area contributed by atoms with Crippen LogP contribution in [0.1, 0.15) is 207 Å². The van der Waals surface area contributed by atoms with Crippen molar-refractivity contribution in [2.24, 2.45) is 0 Å².